The number of nitrogens with one attached hydrogen (secondary N) is 2. The topological polar surface area (TPSA) is 116 Å². The molecular weight excluding hydrogens is 511 g/mol. The highest BCUT2D eigenvalue weighted by Gasteiger charge is 2.24. The minimum atomic E-state index is -0.884. The van der Waals surface area contributed by atoms with Gasteiger partial charge in [0.15, 0.2) is 5.58 Å². The Kier molecular flexibility index (Phi) is 7.64. The fourth-order valence-electron chi connectivity index (χ4n) is 4.83. The number of carbonyl (C=O) groups excluding carboxylic acids is 1. The van der Waals surface area contributed by atoms with Gasteiger partial charge in [-0.2, -0.15) is 5.26 Å². The number of nitrogens with zero attached hydrogens (tertiary/aromatic N) is 4. The van der Waals surface area contributed by atoms with Gasteiger partial charge in [-0.3, -0.25) is 14.8 Å². The number of hydrogen-bond donors (Lipinski definition) is 2. The fourth-order valence-corrected chi connectivity index (χ4v) is 4.83. The molecule has 5 rings (SSSR count). The van der Waals surface area contributed by atoms with Crippen LogP contribution >= 0.6 is 0 Å². The van der Waals surface area contributed by atoms with Crippen LogP contribution in [0.2, 0.25) is 0 Å². The molecule has 0 radical (unpaired) electrons. The van der Waals surface area contributed by atoms with Crippen molar-refractivity contribution < 1.29 is 18.3 Å². The molecule has 0 bridgehead atoms. The van der Waals surface area contributed by atoms with E-state index < -0.39 is 6.17 Å². The first-order valence-electron chi connectivity index (χ1n) is 12.9. The third-order valence-corrected chi connectivity index (χ3v) is 6.84. The Balaban J connectivity index is 1.46. The molecule has 1 saturated heterocycles. The van der Waals surface area contributed by atoms with Gasteiger partial charge in [-0.05, 0) is 43.3 Å². The first-order valence-corrected chi connectivity index (χ1v) is 12.9. The summed E-state index contributed by atoms with van der Waals surface area (Å²) in [6, 6.07) is 12.8. The Morgan fingerprint density at radius 2 is 2.17 bits per heavy atom. The number of halogens is 1. The highest BCUT2D eigenvalue weighted by molar-refractivity contribution is 5.95. The standard InChI is InChI=1S/C30H29FN6O3/c1-4-33-15-18(2)36-30(38)25-13-27(39-3)23(16-35-25)28-12-24-29(40-28)22(7-9-34-24)19-5-6-26(20(11-19)14-32)37-10-8-21(31)17-37/h4-7,9,11-13,16,18,21,33H,1,8,10,15,17H2,2-3H3,(H,36,38). The molecule has 40 heavy (non-hydrogen) atoms. The van der Waals surface area contributed by atoms with E-state index in [1.54, 1.807) is 30.6 Å². The van der Waals surface area contributed by atoms with E-state index in [1.165, 1.54) is 13.3 Å². The number of hydrogen-bond acceptors (Lipinski definition) is 8. The molecule has 0 saturated carbocycles. The SMILES string of the molecule is C=CNCC(C)NC(=O)c1cc(OC)c(-c2cc3nccc(-c4ccc(N5CCC(F)C5)c(C#N)c4)c3o2)cn1. The van der Waals surface area contributed by atoms with E-state index in [9.17, 15) is 14.4 Å². The molecule has 1 aliphatic rings. The van der Waals surface area contributed by atoms with Crippen LogP contribution in [0.25, 0.3) is 33.6 Å². The lowest BCUT2D eigenvalue weighted by Crippen LogP contribution is -2.39. The molecule has 4 heterocycles. The van der Waals surface area contributed by atoms with Crippen LogP contribution in [0.3, 0.4) is 0 Å². The Morgan fingerprint density at radius 3 is 2.90 bits per heavy atom. The number of anilines is 1. The molecule has 3 aromatic heterocycles. The number of nitriles is 1. The summed E-state index contributed by atoms with van der Waals surface area (Å²) < 4.78 is 25.6. The maximum atomic E-state index is 13.8. The number of methoxy groups -OCH3 is 1. The van der Waals surface area contributed by atoms with Crippen LogP contribution in [0.4, 0.5) is 10.1 Å². The van der Waals surface area contributed by atoms with Gasteiger partial charge in [0.1, 0.15) is 35.0 Å². The first-order chi connectivity index (χ1) is 19.4. The fraction of sp³-hybridized carbons (Fsp3) is 0.267. The highest BCUT2D eigenvalue weighted by atomic mass is 19.1. The van der Waals surface area contributed by atoms with Gasteiger partial charge >= 0.3 is 0 Å². The summed E-state index contributed by atoms with van der Waals surface area (Å²) in [5.74, 6) is 0.563. The number of benzene rings is 1. The van der Waals surface area contributed by atoms with Gasteiger partial charge in [0.05, 0.1) is 23.9 Å². The lowest BCUT2D eigenvalue weighted by Gasteiger charge is -2.19. The largest absolute Gasteiger partial charge is 0.496 e. The zero-order chi connectivity index (χ0) is 28.2. The van der Waals surface area contributed by atoms with Crippen molar-refractivity contribution >= 4 is 22.7 Å². The maximum absolute atomic E-state index is 13.8. The molecule has 1 aromatic carbocycles. The summed E-state index contributed by atoms with van der Waals surface area (Å²) in [4.78, 5) is 23.4. The van der Waals surface area contributed by atoms with Gasteiger partial charge in [0.25, 0.3) is 5.91 Å². The van der Waals surface area contributed by atoms with Crippen molar-refractivity contribution in [3.63, 3.8) is 0 Å². The summed E-state index contributed by atoms with van der Waals surface area (Å²) >= 11 is 0. The molecule has 1 aliphatic heterocycles. The minimum Gasteiger partial charge on any atom is -0.496 e. The number of rotatable bonds is 9. The Bertz CT molecular complexity index is 1610. The second-order valence-corrected chi connectivity index (χ2v) is 9.62. The monoisotopic (exact) mass is 540 g/mol. The molecule has 9 nitrogen and oxygen atoms in total. The Labute approximate surface area is 231 Å². The van der Waals surface area contributed by atoms with E-state index >= 15 is 0 Å². The lowest BCUT2D eigenvalue weighted by atomic mass is 10.0. The third kappa shape index (κ3) is 5.31. The van der Waals surface area contributed by atoms with Crippen LogP contribution in [0.5, 0.6) is 5.75 Å². The normalized spacial score (nSPS) is 15.4. The summed E-state index contributed by atoms with van der Waals surface area (Å²) in [7, 11) is 1.51. The average Bonchev–Trinajstić information content (AvgIpc) is 3.61. The summed E-state index contributed by atoms with van der Waals surface area (Å²) in [5.41, 5.74) is 4.65. The summed E-state index contributed by atoms with van der Waals surface area (Å²) in [6.45, 7) is 6.88. The van der Waals surface area contributed by atoms with Crippen molar-refractivity contribution in [3.8, 4) is 34.3 Å². The summed E-state index contributed by atoms with van der Waals surface area (Å²) in [6.07, 6.45) is 4.36. The maximum Gasteiger partial charge on any atom is 0.270 e. The third-order valence-electron chi connectivity index (χ3n) is 6.84. The number of fused-ring (bicyclic) bond motifs is 1. The molecule has 4 aromatic rings. The molecule has 0 spiro atoms. The van der Waals surface area contributed by atoms with Crippen molar-refractivity contribution in [2.75, 3.05) is 31.6 Å². The molecule has 10 heteroatoms. The van der Waals surface area contributed by atoms with Crippen molar-refractivity contribution in [1.82, 2.24) is 20.6 Å². The quantitative estimate of drug-likeness (QED) is 0.310. The van der Waals surface area contributed by atoms with Gasteiger partial charge < -0.3 is 24.7 Å². The number of ether oxygens (including phenoxy) is 1. The van der Waals surface area contributed by atoms with Gasteiger partial charge in [0, 0.05) is 55.8 Å². The predicted molar refractivity (Wildman–Crippen MR) is 151 cm³/mol. The second kappa shape index (κ2) is 11.5. The summed E-state index contributed by atoms with van der Waals surface area (Å²) in [5, 5.41) is 15.7. The molecule has 0 aliphatic carbocycles. The lowest BCUT2D eigenvalue weighted by molar-refractivity contribution is 0.0935. The molecule has 2 unspecified atom stereocenters. The van der Waals surface area contributed by atoms with Gasteiger partial charge in [0.2, 0.25) is 0 Å². The zero-order valence-electron chi connectivity index (χ0n) is 22.3. The van der Waals surface area contributed by atoms with E-state index in [2.05, 4.69) is 33.2 Å². The van der Waals surface area contributed by atoms with Gasteiger partial charge in [-0.15, -0.1) is 0 Å². The number of aromatic nitrogens is 2. The van der Waals surface area contributed by atoms with Crippen LogP contribution in [-0.4, -0.2) is 54.8 Å². The van der Waals surface area contributed by atoms with Crippen molar-refractivity contribution in [1.29, 1.82) is 5.26 Å². The molecule has 1 fully saturated rings. The Morgan fingerprint density at radius 1 is 1.32 bits per heavy atom. The average molecular weight is 541 g/mol. The zero-order valence-corrected chi connectivity index (χ0v) is 22.3. The van der Waals surface area contributed by atoms with Crippen LogP contribution in [-0.2, 0) is 0 Å². The second-order valence-electron chi connectivity index (χ2n) is 9.62. The van der Waals surface area contributed by atoms with E-state index in [-0.39, 0.29) is 24.2 Å². The number of furan rings is 1. The Hall–Kier alpha value is -4.91. The predicted octanol–water partition coefficient (Wildman–Crippen LogP) is 4.84. The van der Waals surface area contributed by atoms with Crippen LogP contribution in [0.1, 0.15) is 29.4 Å². The highest BCUT2D eigenvalue weighted by Crippen LogP contribution is 2.38. The number of amides is 1. The van der Waals surface area contributed by atoms with Gasteiger partial charge in [-0.25, -0.2) is 4.39 Å². The van der Waals surface area contributed by atoms with E-state index in [0.29, 0.717) is 53.2 Å². The smallest absolute Gasteiger partial charge is 0.270 e. The number of pyridine rings is 2. The van der Waals surface area contributed by atoms with Crippen LogP contribution < -0.4 is 20.3 Å². The number of alkyl halides is 1. The minimum absolute atomic E-state index is 0.135. The van der Waals surface area contributed by atoms with Crippen molar-refractivity contribution in [2.45, 2.75) is 25.6 Å². The van der Waals surface area contributed by atoms with E-state index in [0.717, 1.165) is 16.8 Å². The van der Waals surface area contributed by atoms with Crippen LogP contribution in [0.15, 0.2) is 66.0 Å². The first kappa shape index (κ1) is 26.7. The molecule has 204 valence electrons. The van der Waals surface area contributed by atoms with Crippen LogP contribution in [0, 0.1) is 11.3 Å². The van der Waals surface area contributed by atoms with E-state index in [4.69, 9.17) is 9.15 Å². The molecule has 2 N–H and O–H groups in total. The molecular formula is C30H29FN6O3. The number of carbonyl (C=O) groups is 1. The van der Waals surface area contributed by atoms with E-state index in [1.807, 2.05) is 30.0 Å². The van der Waals surface area contributed by atoms with Crippen molar-refractivity contribution in [3.05, 3.63) is 72.8 Å². The van der Waals surface area contributed by atoms with Crippen molar-refractivity contribution in [2.24, 2.45) is 0 Å². The molecule has 1 amide bonds. The molecule has 2 atom stereocenters. The van der Waals surface area contributed by atoms with Gasteiger partial charge in [-0.1, -0.05) is 12.6 Å².